The highest BCUT2D eigenvalue weighted by Gasteiger charge is 2.48. The first-order chi connectivity index (χ1) is 20.8. The highest BCUT2D eigenvalue weighted by atomic mass is 32.1. The molecule has 3 unspecified atom stereocenters. The minimum atomic E-state index is -0.0422. The summed E-state index contributed by atoms with van der Waals surface area (Å²) < 4.78 is 0. The normalized spacial score (nSPS) is 20.4. The number of carbonyl (C=O) groups excluding carboxylic acids is 2. The number of nitrogens with zero attached hydrogens (tertiary/aromatic N) is 1. The Morgan fingerprint density at radius 1 is 1.09 bits per heavy atom. The zero-order valence-electron chi connectivity index (χ0n) is 24.5. The second-order valence-electron chi connectivity index (χ2n) is 11.6. The smallest absolute Gasteiger partial charge is 0.224 e. The minimum absolute atomic E-state index is 0.0239. The monoisotopic (exact) mass is 589 g/mol. The Morgan fingerprint density at radius 3 is 2.74 bits per heavy atom. The lowest BCUT2D eigenvalue weighted by Gasteiger charge is -2.24. The molecule has 2 aromatic carbocycles. The van der Waals surface area contributed by atoms with Gasteiger partial charge in [-0.25, -0.2) is 0 Å². The Balaban J connectivity index is 1.26. The molecule has 2 aromatic heterocycles. The van der Waals surface area contributed by atoms with E-state index in [2.05, 4.69) is 89.1 Å². The third kappa shape index (κ3) is 4.90. The lowest BCUT2D eigenvalue weighted by atomic mass is 9.89. The lowest BCUT2D eigenvalue weighted by molar-refractivity contribution is -0.120. The van der Waals surface area contributed by atoms with Gasteiger partial charge in [0.15, 0.2) is 5.78 Å². The van der Waals surface area contributed by atoms with Crippen LogP contribution >= 0.6 is 11.3 Å². The Hall–Kier alpha value is -4.40. The SMILES string of the molecule is CCCCC(=O)NC1=CC(c2ccc3c(c2)C(c2cc4c(-c5ccc(C(C)=O)s5)cccc4[nH]2)=CN2C(N)C32)=CNC1C. The summed E-state index contributed by atoms with van der Waals surface area (Å²) in [5.41, 5.74) is 16.1. The van der Waals surface area contributed by atoms with Crippen molar-refractivity contribution in [2.24, 2.45) is 5.73 Å². The zero-order chi connectivity index (χ0) is 29.8. The van der Waals surface area contributed by atoms with Gasteiger partial charge >= 0.3 is 0 Å². The first kappa shape index (κ1) is 27.4. The number of Topliss-reactive ketones (excluding diaryl/α,β-unsaturated/α-hetero) is 1. The Bertz CT molecular complexity index is 1880. The topological polar surface area (TPSA) is 103 Å². The van der Waals surface area contributed by atoms with Gasteiger partial charge in [0.25, 0.3) is 0 Å². The number of allylic oxidation sites excluding steroid dienone is 2. The first-order valence-electron chi connectivity index (χ1n) is 14.9. The summed E-state index contributed by atoms with van der Waals surface area (Å²) >= 11 is 1.53. The molecule has 3 atom stereocenters. The standard InChI is InChI=1S/C35H35N5O2S/c1-4-5-9-33(42)39-29-15-22(17-37-19(29)2)21-10-11-24-25(14-21)27(18-40-34(24)35(40)36)30-16-26-23(7-6-8-28(26)38-30)32-13-12-31(43-32)20(3)41/h6-8,10-19,34-35,37-38H,4-5,9,36H2,1-3H3,(H,39,42). The largest absolute Gasteiger partial charge is 0.382 e. The van der Waals surface area contributed by atoms with Crippen molar-refractivity contribution in [3.05, 3.63) is 106 Å². The van der Waals surface area contributed by atoms with Crippen molar-refractivity contribution in [2.45, 2.75) is 58.3 Å². The Kier molecular flexibility index (Phi) is 6.83. The number of rotatable bonds is 8. The lowest BCUT2D eigenvalue weighted by Crippen LogP contribution is -2.36. The first-order valence-corrected chi connectivity index (χ1v) is 15.7. The number of amides is 1. The van der Waals surface area contributed by atoms with E-state index in [4.69, 9.17) is 5.73 Å². The van der Waals surface area contributed by atoms with Crippen LogP contribution in [0.4, 0.5) is 0 Å². The predicted molar refractivity (Wildman–Crippen MR) is 174 cm³/mol. The van der Waals surface area contributed by atoms with E-state index in [1.54, 1.807) is 6.92 Å². The molecule has 43 heavy (non-hydrogen) atoms. The van der Waals surface area contributed by atoms with E-state index in [-0.39, 0.29) is 29.9 Å². The molecule has 1 fully saturated rings. The zero-order valence-corrected chi connectivity index (χ0v) is 25.3. The third-order valence-electron chi connectivity index (χ3n) is 8.65. The van der Waals surface area contributed by atoms with Crippen LogP contribution in [0.25, 0.3) is 32.5 Å². The number of H-pyrrole nitrogens is 1. The number of unbranched alkanes of at least 4 members (excludes halogenated alkanes) is 1. The van der Waals surface area contributed by atoms with Crippen molar-refractivity contribution < 1.29 is 9.59 Å². The van der Waals surface area contributed by atoms with Gasteiger partial charge in [0.05, 0.1) is 17.0 Å². The van der Waals surface area contributed by atoms with Gasteiger partial charge < -0.3 is 26.3 Å². The molecule has 5 heterocycles. The number of aromatic amines is 1. The summed E-state index contributed by atoms with van der Waals surface area (Å²) in [7, 11) is 0. The molecule has 0 saturated carbocycles. The van der Waals surface area contributed by atoms with E-state index < -0.39 is 0 Å². The van der Waals surface area contributed by atoms with Crippen LogP contribution in [0.15, 0.2) is 78.8 Å². The summed E-state index contributed by atoms with van der Waals surface area (Å²) in [5.74, 6) is 0.139. The minimum Gasteiger partial charge on any atom is -0.382 e. The number of thiophene rings is 1. The molecule has 8 heteroatoms. The van der Waals surface area contributed by atoms with Gasteiger partial charge in [-0.15, -0.1) is 11.3 Å². The van der Waals surface area contributed by atoms with Crippen LogP contribution in [-0.2, 0) is 4.79 Å². The molecule has 1 saturated heterocycles. The fourth-order valence-corrected chi connectivity index (χ4v) is 7.08. The molecule has 3 aliphatic rings. The maximum Gasteiger partial charge on any atom is 0.224 e. The highest BCUT2D eigenvalue weighted by molar-refractivity contribution is 7.17. The number of hydrogen-bond acceptors (Lipinski definition) is 6. The maximum absolute atomic E-state index is 12.5. The number of fused-ring (bicyclic) bond motifs is 4. The second-order valence-corrected chi connectivity index (χ2v) is 12.7. The van der Waals surface area contributed by atoms with Crippen molar-refractivity contribution in [1.82, 2.24) is 20.5 Å². The molecule has 0 aliphatic carbocycles. The van der Waals surface area contributed by atoms with Gasteiger partial charge in [0.2, 0.25) is 5.91 Å². The fourth-order valence-electron chi connectivity index (χ4n) is 6.14. The number of ketones is 1. The molecular formula is C35H35N5O2S. The van der Waals surface area contributed by atoms with Crippen molar-refractivity contribution in [3.63, 3.8) is 0 Å². The van der Waals surface area contributed by atoms with Crippen LogP contribution in [0.1, 0.15) is 78.1 Å². The van der Waals surface area contributed by atoms with Gasteiger partial charge in [0, 0.05) is 57.1 Å². The summed E-state index contributed by atoms with van der Waals surface area (Å²) in [6.45, 7) is 5.75. The second kappa shape index (κ2) is 10.7. The van der Waals surface area contributed by atoms with Gasteiger partial charge in [-0.1, -0.05) is 37.6 Å². The number of dihydropyridines is 1. The number of aromatic nitrogens is 1. The van der Waals surface area contributed by atoms with Crippen molar-refractivity contribution >= 4 is 45.1 Å². The van der Waals surface area contributed by atoms with Crippen LogP contribution < -0.4 is 16.4 Å². The fraction of sp³-hybridized carbons (Fsp3) is 0.257. The molecule has 0 spiro atoms. The van der Waals surface area contributed by atoms with Crippen molar-refractivity contribution in [1.29, 1.82) is 0 Å². The molecule has 3 aliphatic heterocycles. The number of nitrogens with two attached hydrogens (primary N) is 1. The van der Waals surface area contributed by atoms with Gasteiger partial charge in [-0.2, -0.15) is 0 Å². The van der Waals surface area contributed by atoms with E-state index >= 15 is 0 Å². The van der Waals surface area contributed by atoms with Crippen LogP contribution in [0.3, 0.4) is 0 Å². The molecule has 4 aromatic rings. The van der Waals surface area contributed by atoms with Gasteiger partial charge in [0.1, 0.15) is 6.17 Å². The summed E-state index contributed by atoms with van der Waals surface area (Å²) in [5, 5.41) is 7.66. The summed E-state index contributed by atoms with van der Waals surface area (Å²) in [4.78, 5) is 32.2. The van der Waals surface area contributed by atoms with Crippen LogP contribution in [-0.4, -0.2) is 33.8 Å². The molecule has 1 amide bonds. The van der Waals surface area contributed by atoms with E-state index in [0.29, 0.717) is 6.42 Å². The molecule has 7 rings (SSSR count). The molecule has 218 valence electrons. The molecule has 5 N–H and O–H groups in total. The van der Waals surface area contributed by atoms with Gasteiger partial charge in [-0.05, 0) is 78.9 Å². The van der Waals surface area contributed by atoms with Gasteiger partial charge in [-0.3, -0.25) is 9.59 Å². The van der Waals surface area contributed by atoms with E-state index in [1.165, 1.54) is 16.9 Å². The third-order valence-corrected chi connectivity index (χ3v) is 9.87. The van der Waals surface area contributed by atoms with Crippen LogP contribution in [0, 0.1) is 0 Å². The number of nitrogens with one attached hydrogen (secondary N) is 3. The molecule has 0 bridgehead atoms. The molecule has 7 nitrogen and oxygen atoms in total. The number of benzene rings is 2. The Morgan fingerprint density at radius 2 is 1.95 bits per heavy atom. The maximum atomic E-state index is 12.5. The van der Waals surface area contributed by atoms with Crippen molar-refractivity contribution in [3.8, 4) is 10.4 Å². The number of carbonyl (C=O) groups is 2. The highest BCUT2D eigenvalue weighted by Crippen LogP contribution is 2.50. The predicted octanol–water partition coefficient (Wildman–Crippen LogP) is 6.67. The van der Waals surface area contributed by atoms with Crippen LogP contribution in [0.5, 0.6) is 0 Å². The van der Waals surface area contributed by atoms with E-state index in [9.17, 15) is 9.59 Å². The summed E-state index contributed by atoms with van der Waals surface area (Å²) in [6.07, 6.45) is 8.65. The van der Waals surface area contributed by atoms with E-state index in [1.807, 2.05) is 18.3 Å². The molecular weight excluding hydrogens is 554 g/mol. The molecule has 0 radical (unpaired) electrons. The quantitative estimate of drug-likeness (QED) is 0.136. The Labute approximate surface area is 255 Å². The van der Waals surface area contributed by atoms with Crippen molar-refractivity contribution in [2.75, 3.05) is 0 Å². The average Bonchev–Trinajstić information content (AvgIpc) is 3.36. The number of hydrogen-bond donors (Lipinski definition) is 4. The summed E-state index contributed by atoms with van der Waals surface area (Å²) in [6, 6.07) is 19.2. The van der Waals surface area contributed by atoms with E-state index in [0.717, 1.165) is 72.7 Å². The van der Waals surface area contributed by atoms with Crippen LogP contribution in [0.2, 0.25) is 0 Å². The average molecular weight is 590 g/mol.